The molecule has 6 nitrogen and oxygen atoms in total. The highest BCUT2D eigenvalue weighted by molar-refractivity contribution is 7.88. The van der Waals surface area contributed by atoms with Gasteiger partial charge in [-0.3, -0.25) is 4.79 Å². The maximum atomic E-state index is 12.6. The monoisotopic (exact) mass is 381 g/mol. The molecule has 0 aromatic rings. The van der Waals surface area contributed by atoms with E-state index < -0.39 is 10.0 Å². The van der Waals surface area contributed by atoms with Crippen molar-refractivity contribution in [2.24, 2.45) is 5.92 Å². The van der Waals surface area contributed by atoms with E-state index >= 15 is 0 Å². The Bertz CT molecular complexity index is 481. The fourth-order valence-electron chi connectivity index (χ4n) is 3.68. The van der Waals surface area contributed by atoms with Crippen molar-refractivity contribution in [1.29, 1.82) is 0 Å². The molecule has 0 saturated carbocycles. The molecule has 0 aromatic carbocycles. The lowest BCUT2D eigenvalue weighted by molar-refractivity contribution is -0.135. The van der Waals surface area contributed by atoms with Crippen LogP contribution < -0.4 is 10.0 Å². The second-order valence-electron chi connectivity index (χ2n) is 6.92. The van der Waals surface area contributed by atoms with Gasteiger partial charge in [-0.25, -0.2) is 13.1 Å². The van der Waals surface area contributed by atoms with E-state index in [1.54, 1.807) is 0 Å². The van der Waals surface area contributed by atoms with Crippen molar-refractivity contribution in [3.63, 3.8) is 0 Å². The van der Waals surface area contributed by atoms with Gasteiger partial charge in [-0.1, -0.05) is 0 Å². The Labute approximate surface area is 152 Å². The van der Waals surface area contributed by atoms with E-state index in [-0.39, 0.29) is 24.4 Å². The highest BCUT2D eigenvalue weighted by Gasteiger charge is 2.27. The zero-order valence-electron chi connectivity index (χ0n) is 14.6. The van der Waals surface area contributed by atoms with Crippen LogP contribution in [0.3, 0.4) is 0 Å². The minimum Gasteiger partial charge on any atom is -0.340 e. The van der Waals surface area contributed by atoms with Crippen molar-refractivity contribution in [3.8, 4) is 0 Å². The average molecular weight is 382 g/mol. The van der Waals surface area contributed by atoms with E-state index in [9.17, 15) is 13.2 Å². The zero-order chi connectivity index (χ0) is 16.7. The highest BCUT2D eigenvalue weighted by Crippen LogP contribution is 2.23. The summed E-state index contributed by atoms with van der Waals surface area (Å²) in [5.41, 5.74) is 0. The summed E-state index contributed by atoms with van der Waals surface area (Å²) in [6.07, 6.45) is 9.05. The van der Waals surface area contributed by atoms with Gasteiger partial charge >= 0.3 is 0 Å². The smallest absolute Gasteiger partial charge is 0.222 e. The molecule has 2 fully saturated rings. The predicted octanol–water partition coefficient (Wildman–Crippen LogP) is 1.51. The van der Waals surface area contributed by atoms with E-state index in [1.165, 1.54) is 19.1 Å². The molecule has 0 spiro atoms. The van der Waals surface area contributed by atoms with Gasteiger partial charge in [0.15, 0.2) is 0 Å². The van der Waals surface area contributed by atoms with E-state index in [2.05, 4.69) is 10.0 Å². The van der Waals surface area contributed by atoms with Gasteiger partial charge in [0.05, 0.1) is 6.26 Å². The van der Waals surface area contributed by atoms with Crippen LogP contribution in [0.25, 0.3) is 0 Å². The molecule has 1 amide bonds. The van der Waals surface area contributed by atoms with Gasteiger partial charge in [0.25, 0.3) is 0 Å². The van der Waals surface area contributed by atoms with Crippen LogP contribution in [-0.2, 0) is 14.8 Å². The lowest BCUT2D eigenvalue weighted by Crippen LogP contribution is -2.45. The van der Waals surface area contributed by atoms with Crippen LogP contribution in [0, 0.1) is 5.92 Å². The standard InChI is InChI=1S/C16H31N3O3S.ClH/c1-23(21,22)18-12-9-15-4-2-3-13-19(15)16(20)6-5-14-7-10-17-11-8-14;/h14-15,17-18H,2-13H2,1H3;1H. The van der Waals surface area contributed by atoms with Crippen LogP contribution in [-0.4, -0.2) is 57.7 Å². The molecule has 24 heavy (non-hydrogen) atoms. The first-order valence-corrected chi connectivity index (χ1v) is 10.8. The maximum Gasteiger partial charge on any atom is 0.222 e. The van der Waals surface area contributed by atoms with E-state index in [0.29, 0.717) is 25.3 Å². The molecule has 8 heteroatoms. The molecule has 0 aliphatic carbocycles. The van der Waals surface area contributed by atoms with Crippen LogP contribution in [0.2, 0.25) is 0 Å². The highest BCUT2D eigenvalue weighted by atomic mass is 35.5. The van der Waals surface area contributed by atoms with Crippen LogP contribution in [0.5, 0.6) is 0 Å². The third-order valence-electron chi connectivity index (χ3n) is 5.01. The molecule has 2 aliphatic rings. The largest absolute Gasteiger partial charge is 0.340 e. The number of carbonyl (C=O) groups is 1. The lowest BCUT2D eigenvalue weighted by Gasteiger charge is -2.36. The minimum absolute atomic E-state index is 0. The summed E-state index contributed by atoms with van der Waals surface area (Å²) in [5, 5.41) is 3.36. The molecule has 0 radical (unpaired) electrons. The first-order valence-electron chi connectivity index (χ1n) is 8.90. The normalized spacial score (nSPS) is 22.9. The van der Waals surface area contributed by atoms with Crippen LogP contribution in [0.4, 0.5) is 0 Å². The van der Waals surface area contributed by atoms with E-state index in [0.717, 1.165) is 45.3 Å². The number of rotatable bonds is 7. The van der Waals surface area contributed by atoms with Crippen molar-refractivity contribution in [2.45, 2.75) is 57.4 Å². The molecule has 2 aliphatic heterocycles. The summed E-state index contributed by atoms with van der Waals surface area (Å²) >= 11 is 0. The third kappa shape index (κ3) is 7.68. The quantitative estimate of drug-likeness (QED) is 0.700. The SMILES string of the molecule is CS(=O)(=O)NCCC1CCCCN1C(=O)CCC1CCNCC1.Cl. The number of hydrogen-bond acceptors (Lipinski definition) is 4. The van der Waals surface area contributed by atoms with Gasteiger partial charge in [-0.15, -0.1) is 12.4 Å². The van der Waals surface area contributed by atoms with Crippen molar-refractivity contribution in [1.82, 2.24) is 14.9 Å². The summed E-state index contributed by atoms with van der Waals surface area (Å²) < 4.78 is 24.9. The molecular formula is C16H32ClN3O3S. The van der Waals surface area contributed by atoms with Crippen molar-refractivity contribution in [3.05, 3.63) is 0 Å². The van der Waals surface area contributed by atoms with Crippen LogP contribution in [0.15, 0.2) is 0 Å². The van der Waals surface area contributed by atoms with Crippen LogP contribution >= 0.6 is 12.4 Å². The number of amides is 1. The van der Waals surface area contributed by atoms with Gasteiger partial charge in [-0.2, -0.15) is 0 Å². The number of sulfonamides is 1. The Morgan fingerprint density at radius 2 is 1.88 bits per heavy atom. The molecule has 2 saturated heterocycles. The molecule has 1 unspecified atom stereocenters. The molecule has 2 heterocycles. The number of nitrogens with zero attached hydrogens (tertiary/aromatic N) is 1. The average Bonchev–Trinajstić information content (AvgIpc) is 2.53. The first-order chi connectivity index (χ1) is 11.0. The van der Waals surface area contributed by atoms with Crippen molar-refractivity contribution in [2.75, 3.05) is 32.4 Å². The van der Waals surface area contributed by atoms with Gasteiger partial charge in [0.2, 0.25) is 15.9 Å². The van der Waals surface area contributed by atoms with E-state index in [4.69, 9.17) is 0 Å². The molecule has 142 valence electrons. The number of piperidine rings is 2. The molecule has 0 aromatic heterocycles. The number of halogens is 1. The molecule has 0 bridgehead atoms. The van der Waals surface area contributed by atoms with Crippen LogP contribution in [0.1, 0.15) is 51.4 Å². The topological polar surface area (TPSA) is 78.5 Å². The molecule has 1 atom stereocenters. The Kier molecular flexibility index (Phi) is 9.56. The summed E-state index contributed by atoms with van der Waals surface area (Å²) in [5.74, 6) is 0.933. The minimum atomic E-state index is -3.15. The molecular weight excluding hydrogens is 350 g/mol. The van der Waals surface area contributed by atoms with Gasteiger partial charge < -0.3 is 10.2 Å². The Balaban J connectivity index is 0.00000288. The maximum absolute atomic E-state index is 12.6. The summed E-state index contributed by atoms with van der Waals surface area (Å²) in [4.78, 5) is 14.6. The second-order valence-corrected chi connectivity index (χ2v) is 8.76. The number of carbonyl (C=O) groups excluding carboxylic acids is 1. The second kappa shape index (κ2) is 10.6. The third-order valence-corrected chi connectivity index (χ3v) is 5.74. The summed E-state index contributed by atoms with van der Waals surface area (Å²) in [6, 6.07) is 0.193. The number of likely N-dealkylation sites (tertiary alicyclic amines) is 1. The van der Waals surface area contributed by atoms with Crippen molar-refractivity contribution < 1.29 is 13.2 Å². The first kappa shape index (κ1) is 21.7. The zero-order valence-corrected chi connectivity index (χ0v) is 16.3. The number of hydrogen-bond donors (Lipinski definition) is 2. The Hall–Kier alpha value is -0.370. The molecule has 2 N–H and O–H groups in total. The predicted molar refractivity (Wildman–Crippen MR) is 98.9 cm³/mol. The fourth-order valence-corrected chi connectivity index (χ4v) is 4.17. The Morgan fingerprint density at radius 1 is 1.17 bits per heavy atom. The molecule has 2 rings (SSSR count). The summed E-state index contributed by atoms with van der Waals surface area (Å²) in [6.45, 7) is 3.39. The Morgan fingerprint density at radius 3 is 2.54 bits per heavy atom. The van der Waals surface area contributed by atoms with E-state index in [1.807, 2.05) is 4.90 Å². The summed E-state index contributed by atoms with van der Waals surface area (Å²) in [7, 11) is -3.15. The van der Waals surface area contributed by atoms with Crippen molar-refractivity contribution >= 4 is 28.3 Å². The van der Waals surface area contributed by atoms with Gasteiger partial charge in [0, 0.05) is 25.6 Å². The van der Waals surface area contributed by atoms with Gasteiger partial charge in [-0.05, 0) is 64.0 Å². The lowest BCUT2D eigenvalue weighted by atomic mass is 9.92. The van der Waals surface area contributed by atoms with Gasteiger partial charge in [0.1, 0.15) is 0 Å². The fraction of sp³-hybridized carbons (Fsp3) is 0.938. The number of nitrogens with one attached hydrogen (secondary N) is 2.